The zero-order valence-electron chi connectivity index (χ0n) is 16.5. The van der Waals surface area contributed by atoms with Crippen molar-refractivity contribution in [1.82, 2.24) is 9.80 Å². The van der Waals surface area contributed by atoms with Crippen LogP contribution in [0.2, 0.25) is 10.0 Å². The van der Waals surface area contributed by atoms with Gasteiger partial charge in [-0.2, -0.15) is 0 Å². The van der Waals surface area contributed by atoms with Gasteiger partial charge in [0.2, 0.25) is 5.91 Å². The number of rotatable bonds is 6. The molecule has 5 nitrogen and oxygen atoms in total. The predicted molar refractivity (Wildman–Crippen MR) is 112 cm³/mol. The van der Waals surface area contributed by atoms with Crippen LogP contribution in [0.15, 0.2) is 30.9 Å². The molecule has 2 fully saturated rings. The monoisotopic (exact) mass is 426 g/mol. The molecule has 0 unspecified atom stereocenters. The molecule has 0 aromatic heterocycles. The van der Waals surface area contributed by atoms with Crippen LogP contribution in [-0.2, 0) is 20.7 Å². The summed E-state index contributed by atoms with van der Waals surface area (Å²) in [6, 6.07) is 5.54. The molecule has 3 rings (SSSR count). The third-order valence-electron chi connectivity index (χ3n) is 5.81. The molecule has 1 saturated heterocycles. The standard InChI is InChI=1S/C21H28Cl2N2O3/c1-4-9-24(2)19-14-21(27-10-11-28-21)8-7-18(19)25(3)20(26)13-15-5-6-16(22)17(23)12-15/h4-6,12,18-19H,1,7-11,13-14H2,2-3H3/t18-,19-/m0/s1. The second kappa shape index (κ2) is 9.14. The van der Waals surface area contributed by atoms with Crippen LogP contribution in [0.3, 0.4) is 0 Å². The van der Waals surface area contributed by atoms with Crippen LogP contribution >= 0.6 is 23.2 Å². The molecule has 0 radical (unpaired) electrons. The van der Waals surface area contributed by atoms with Gasteiger partial charge >= 0.3 is 0 Å². The van der Waals surface area contributed by atoms with Crippen LogP contribution in [0, 0.1) is 0 Å². The van der Waals surface area contributed by atoms with Gasteiger partial charge in [0.1, 0.15) is 0 Å². The minimum absolute atomic E-state index is 0.0598. The highest BCUT2D eigenvalue weighted by Crippen LogP contribution is 2.39. The Morgan fingerprint density at radius 2 is 1.96 bits per heavy atom. The number of carbonyl (C=O) groups excluding carboxylic acids is 1. The van der Waals surface area contributed by atoms with Crippen molar-refractivity contribution in [3.63, 3.8) is 0 Å². The Morgan fingerprint density at radius 1 is 1.25 bits per heavy atom. The van der Waals surface area contributed by atoms with Gasteiger partial charge in [-0.3, -0.25) is 9.69 Å². The average molecular weight is 427 g/mol. The van der Waals surface area contributed by atoms with Crippen molar-refractivity contribution in [2.75, 3.05) is 33.9 Å². The van der Waals surface area contributed by atoms with E-state index in [1.54, 1.807) is 12.1 Å². The lowest BCUT2D eigenvalue weighted by atomic mass is 9.83. The van der Waals surface area contributed by atoms with Crippen molar-refractivity contribution in [3.05, 3.63) is 46.5 Å². The Balaban J connectivity index is 1.73. The summed E-state index contributed by atoms with van der Waals surface area (Å²) in [5.74, 6) is -0.450. The van der Waals surface area contributed by atoms with E-state index < -0.39 is 5.79 Å². The molecule has 0 bridgehead atoms. The predicted octanol–water partition coefficient (Wildman–Crippen LogP) is 3.78. The largest absolute Gasteiger partial charge is 0.347 e. The Morgan fingerprint density at radius 3 is 2.61 bits per heavy atom. The van der Waals surface area contributed by atoms with E-state index in [-0.39, 0.29) is 18.0 Å². The van der Waals surface area contributed by atoms with Crippen molar-refractivity contribution in [2.24, 2.45) is 0 Å². The lowest BCUT2D eigenvalue weighted by Crippen LogP contribution is -2.58. The van der Waals surface area contributed by atoms with E-state index >= 15 is 0 Å². The first kappa shape index (κ1) is 21.6. The van der Waals surface area contributed by atoms with E-state index in [0.717, 1.165) is 31.4 Å². The quantitative estimate of drug-likeness (QED) is 0.649. The van der Waals surface area contributed by atoms with Gasteiger partial charge in [0.15, 0.2) is 5.79 Å². The Kier molecular flexibility index (Phi) is 7.05. The van der Waals surface area contributed by atoms with Crippen molar-refractivity contribution in [1.29, 1.82) is 0 Å². The first-order chi connectivity index (χ1) is 13.3. The fourth-order valence-corrected chi connectivity index (χ4v) is 4.57. The summed E-state index contributed by atoms with van der Waals surface area (Å²) < 4.78 is 11.9. The normalized spacial score (nSPS) is 23.9. The van der Waals surface area contributed by atoms with E-state index in [2.05, 4.69) is 18.5 Å². The molecule has 1 aliphatic carbocycles. The minimum atomic E-state index is -0.510. The summed E-state index contributed by atoms with van der Waals surface area (Å²) in [6.07, 6.45) is 4.54. The third-order valence-corrected chi connectivity index (χ3v) is 6.55. The molecule has 154 valence electrons. The van der Waals surface area contributed by atoms with Gasteiger partial charge in [-0.25, -0.2) is 0 Å². The van der Waals surface area contributed by atoms with Gasteiger partial charge in [-0.05, 0) is 31.2 Å². The highest BCUT2D eigenvalue weighted by atomic mass is 35.5. The lowest BCUT2D eigenvalue weighted by molar-refractivity contribution is -0.198. The van der Waals surface area contributed by atoms with Crippen molar-refractivity contribution in [2.45, 2.75) is 43.6 Å². The zero-order chi connectivity index (χ0) is 20.3. The molecule has 2 atom stereocenters. The van der Waals surface area contributed by atoms with Crippen LogP contribution in [0.25, 0.3) is 0 Å². The number of ether oxygens (including phenoxy) is 2. The van der Waals surface area contributed by atoms with Gasteiger partial charge < -0.3 is 14.4 Å². The fourth-order valence-electron chi connectivity index (χ4n) is 4.25. The molecule has 1 amide bonds. The van der Waals surface area contributed by atoms with Gasteiger partial charge in [-0.15, -0.1) is 6.58 Å². The molecule has 7 heteroatoms. The van der Waals surface area contributed by atoms with Crippen LogP contribution in [0.5, 0.6) is 0 Å². The number of likely N-dealkylation sites (N-methyl/N-ethyl adjacent to an activating group) is 2. The first-order valence-electron chi connectivity index (χ1n) is 9.64. The number of benzene rings is 1. The second-order valence-corrected chi connectivity index (χ2v) is 8.46. The van der Waals surface area contributed by atoms with E-state index in [1.807, 2.05) is 24.1 Å². The van der Waals surface area contributed by atoms with E-state index in [4.69, 9.17) is 32.7 Å². The lowest BCUT2D eigenvalue weighted by Gasteiger charge is -2.47. The highest BCUT2D eigenvalue weighted by molar-refractivity contribution is 6.42. The van der Waals surface area contributed by atoms with E-state index in [1.165, 1.54) is 0 Å². The molecular formula is C21H28Cl2N2O3. The van der Waals surface area contributed by atoms with Crippen LogP contribution in [0.4, 0.5) is 0 Å². The zero-order valence-corrected chi connectivity index (χ0v) is 18.0. The number of nitrogens with zero attached hydrogens (tertiary/aromatic N) is 2. The summed E-state index contributed by atoms with van der Waals surface area (Å²) in [5.41, 5.74) is 0.858. The fraction of sp³-hybridized carbons (Fsp3) is 0.571. The number of hydrogen-bond donors (Lipinski definition) is 0. The summed E-state index contributed by atoms with van der Waals surface area (Å²) in [5, 5.41) is 0.958. The van der Waals surface area contributed by atoms with Crippen LogP contribution in [-0.4, -0.2) is 67.4 Å². The van der Waals surface area contributed by atoms with Crippen LogP contribution < -0.4 is 0 Å². The Labute approximate surface area is 177 Å². The second-order valence-electron chi connectivity index (χ2n) is 7.64. The van der Waals surface area contributed by atoms with Crippen molar-refractivity contribution >= 4 is 29.1 Å². The number of hydrogen-bond acceptors (Lipinski definition) is 4. The van der Waals surface area contributed by atoms with E-state index in [0.29, 0.717) is 29.7 Å². The number of halogens is 2. The average Bonchev–Trinajstić information content (AvgIpc) is 3.12. The molecule has 2 aliphatic rings. The minimum Gasteiger partial charge on any atom is -0.347 e. The van der Waals surface area contributed by atoms with Crippen molar-refractivity contribution in [3.8, 4) is 0 Å². The maximum atomic E-state index is 13.0. The third kappa shape index (κ3) is 4.71. The molecule has 1 saturated carbocycles. The molecule has 1 heterocycles. The molecule has 1 aromatic rings. The summed E-state index contributed by atoms with van der Waals surface area (Å²) in [6.45, 7) is 5.86. The first-order valence-corrected chi connectivity index (χ1v) is 10.4. The molecule has 1 aliphatic heterocycles. The maximum absolute atomic E-state index is 13.0. The highest BCUT2D eigenvalue weighted by Gasteiger charge is 2.47. The van der Waals surface area contributed by atoms with Gasteiger partial charge in [0, 0.05) is 38.5 Å². The van der Waals surface area contributed by atoms with Crippen molar-refractivity contribution < 1.29 is 14.3 Å². The number of carbonyl (C=O) groups is 1. The topological polar surface area (TPSA) is 42.0 Å². The van der Waals surface area contributed by atoms with Gasteiger partial charge in [-0.1, -0.05) is 35.3 Å². The molecule has 1 spiro atoms. The maximum Gasteiger partial charge on any atom is 0.227 e. The summed E-state index contributed by atoms with van der Waals surface area (Å²) in [4.78, 5) is 17.1. The van der Waals surface area contributed by atoms with Gasteiger partial charge in [0.05, 0.1) is 29.7 Å². The summed E-state index contributed by atoms with van der Waals surface area (Å²) >= 11 is 12.1. The molecular weight excluding hydrogens is 399 g/mol. The molecule has 0 N–H and O–H groups in total. The SMILES string of the molecule is C=CCN(C)[C@H]1CC2(CC[C@@H]1N(C)C(=O)Cc1ccc(Cl)c(Cl)c1)OCCO2. The Hall–Kier alpha value is -1.11. The van der Waals surface area contributed by atoms with Crippen LogP contribution in [0.1, 0.15) is 24.8 Å². The van der Waals surface area contributed by atoms with Gasteiger partial charge in [0.25, 0.3) is 0 Å². The summed E-state index contributed by atoms with van der Waals surface area (Å²) in [7, 11) is 3.94. The number of amides is 1. The molecule has 28 heavy (non-hydrogen) atoms. The Bertz CT molecular complexity index is 722. The molecule has 1 aromatic carbocycles. The van der Waals surface area contributed by atoms with E-state index in [9.17, 15) is 4.79 Å². The smallest absolute Gasteiger partial charge is 0.227 e.